The molecule has 2 unspecified atom stereocenters. The first-order valence-electron chi connectivity index (χ1n) is 7.74. The number of likely N-dealkylation sites (tertiary alicyclic amines) is 1. The van der Waals surface area contributed by atoms with Crippen LogP contribution in [-0.2, 0) is 9.53 Å². The van der Waals surface area contributed by atoms with Gasteiger partial charge in [0.2, 0.25) is 5.91 Å². The maximum atomic E-state index is 12.3. The smallest absolute Gasteiger partial charge is 0.410 e. The Hall–Kier alpha value is -1.30. The van der Waals surface area contributed by atoms with Crippen LogP contribution < -0.4 is 5.73 Å². The Morgan fingerprint density at radius 2 is 1.86 bits per heavy atom. The highest BCUT2D eigenvalue weighted by Gasteiger charge is 2.42. The highest BCUT2D eigenvalue weighted by atomic mass is 16.6. The molecule has 1 saturated heterocycles. The Kier molecular flexibility index (Phi) is 4.46. The summed E-state index contributed by atoms with van der Waals surface area (Å²) < 4.78 is 5.39. The SMILES string of the molecule is CC(N)C(=O)N(C1CC1)C1CCN(C(=O)OC(C)(C)C)C1. The van der Waals surface area contributed by atoms with Crippen LogP contribution in [0.5, 0.6) is 0 Å². The van der Waals surface area contributed by atoms with Crippen LogP contribution in [0.3, 0.4) is 0 Å². The molecular weight excluding hydrogens is 270 g/mol. The largest absolute Gasteiger partial charge is 0.444 e. The average molecular weight is 297 g/mol. The minimum Gasteiger partial charge on any atom is -0.444 e. The van der Waals surface area contributed by atoms with Crippen LogP contribution in [0.15, 0.2) is 0 Å². The lowest BCUT2D eigenvalue weighted by Crippen LogP contribution is -2.50. The molecule has 0 aromatic rings. The minimum atomic E-state index is -0.493. The fourth-order valence-electron chi connectivity index (χ4n) is 2.71. The zero-order valence-corrected chi connectivity index (χ0v) is 13.5. The molecule has 6 nitrogen and oxygen atoms in total. The molecule has 2 fully saturated rings. The summed E-state index contributed by atoms with van der Waals surface area (Å²) in [6.07, 6.45) is 2.59. The number of hydrogen-bond acceptors (Lipinski definition) is 4. The maximum absolute atomic E-state index is 12.3. The van der Waals surface area contributed by atoms with E-state index >= 15 is 0 Å². The van der Waals surface area contributed by atoms with Crippen LogP contribution >= 0.6 is 0 Å². The molecule has 2 aliphatic rings. The monoisotopic (exact) mass is 297 g/mol. The number of nitrogens with two attached hydrogens (primary N) is 1. The van der Waals surface area contributed by atoms with Gasteiger partial charge < -0.3 is 20.3 Å². The molecule has 1 saturated carbocycles. The van der Waals surface area contributed by atoms with Gasteiger partial charge in [0.1, 0.15) is 5.60 Å². The third-order valence-electron chi connectivity index (χ3n) is 3.79. The van der Waals surface area contributed by atoms with Crippen LogP contribution in [0.4, 0.5) is 4.79 Å². The Bertz CT molecular complexity index is 413. The summed E-state index contributed by atoms with van der Waals surface area (Å²) >= 11 is 0. The van der Waals surface area contributed by atoms with Gasteiger partial charge in [-0.25, -0.2) is 4.79 Å². The number of ether oxygens (including phenoxy) is 1. The molecule has 0 bridgehead atoms. The van der Waals surface area contributed by atoms with Crippen molar-refractivity contribution in [1.29, 1.82) is 0 Å². The van der Waals surface area contributed by atoms with Crippen LogP contribution in [0.1, 0.15) is 47.0 Å². The summed E-state index contributed by atoms with van der Waals surface area (Å²) in [5, 5.41) is 0. The first kappa shape index (κ1) is 16.1. The Labute approximate surface area is 126 Å². The standard InChI is InChI=1S/C15H27N3O3/c1-10(16)13(19)18(11-5-6-11)12-7-8-17(9-12)14(20)21-15(2,3)4/h10-12H,5-9,16H2,1-4H3. The van der Waals surface area contributed by atoms with E-state index in [1.165, 1.54) is 0 Å². The fraction of sp³-hybridized carbons (Fsp3) is 0.867. The third kappa shape index (κ3) is 4.09. The van der Waals surface area contributed by atoms with Crippen LogP contribution in [0, 0.1) is 0 Å². The molecule has 6 heteroatoms. The molecule has 0 aromatic carbocycles. The van der Waals surface area contributed by atoms with Crippen molar-refractivity contribution in [3.8, 4) is 0 Å². The number of carbonyl (C=O) groups is 2. The van der Waals surface area contributed by atoms with E-state index in [2.05, 4.69) is 0 Å². The van der Waals surface area contributed by atoms with Crippen molar-refractivity contribution in [2.24, 2.45) is 5.73 Å². The maximum Gasteiger partial charge on any atom is 0.410 e. The topological polar surface area (TPSA) is 75.9 Å². The zero-order valence-electron chi connectivity index (χ0n) is 13.5. The van der Waals surface area contributed by atoms with Crippen molar-refractivity contribution in [1.82, 2.24) is 9.80 Å². The van der Waals surface area contributed by atoms with Crippen molar-refractivity contribution in [2.45, 2.75) is 70.7 Å². The van der Waals surface area contributed by atoms with Crippen molar-refractivity contribution >= 4 is 12.0 Å². The highest BCUT2D eigenvalue weighted by molar-refractivity contribution is 5.82. The number of amides is 2. The lowest BCUT2D eigenvalue weighted by atomic mass is 10.2. The number of carbonyl (C=O) groups excluding carboxylic acids is 2. The quantitative estimate of drug-likeness (QED) is 0.853. The molecule has 21 heavy (non-hydrogen) atoms. The summed E-state index contributed by atoms with van der Waals surface area (Å²) in [7, 11) is 0. The average Bonchev–Trinajstić information content (AvgIpc) is 3.03. The van der Waals surface area contributed by atoms with E-state index in [1.807, 2.05) is 25.7 Å². The van der Waals surface area contributed by atoms with Crippen LogP contribution in [-0.4, -0.2) is 58.6 Å². The predicted molar refractivity (Wildman–Crippen MR) is 79.7 cm³/mol. The lowest BCUT2D eigenvalue weighted by Gasteiger charge is -2.31. The summed E-state index contributed by atoms with van der Waals surface area (Å²) in [4.78, 5) is 28.0. The van der Waals surface area contributed by atoms with E-state index in [-0.39, 0.29) is 18.0 Å². The van der Waals surface area contributed by atoms with Gasteiger partial charge in [-0.15, -0.1) is 0 Å². The number of hydrogen-bond donors (Lipinski definition) is 1. The molecule has 120 valence electrons. The first-order valence-corrected chi connectivity index (χ1v) is 7.74. The Morgan fingerprint density at radius 1 is 1.24 bits per heavy atom. The molecule has 2 rings (SSSR count). The number of nitrogens with zero attached hydrogens (tertiary/aromatic N) is 2. The molecule has 0 radical (unpaired) electrons. The van der Waals surface area contributed by atoms with Crippen molar-refractivity contribution in [2.75, 3.05) is 13.1 Å². The molecule has 2 atom stereocenters. The van der Waals surface area contributed by atoms with E-state index in [4.69, 9.17) is 10.5 Å². The highest BCUT2D eigenvalue weighted by Crippen LogP contribution is 2.32. The van der Waals surface area contributed by atoms with E-state index in [9.17, 15) is 9.59 Å². The first-order chi connectivity index (χ1) is 9.69. The van der Waals surface area contributed by atoms with Crippen molar-refractivity contribution < 1.29 is 14.3 Å². The van der Waals surface area contributed by atoms with E-state index in [0.29, 0.717) is 19.1 Å². The van der Waals surface area contributed by atoms with Gasteiger partial charge in [0.15, 0.2) is 0 Å². The molecule has 0 aromatic heterocycles. The van der Waals surface area contributed by atoms with E-state index < -0.39 is 11.6 Å². The van der Waals surface area contributed by atoms with E-state index in [1.54, 1.807) is 11.8 Å². The van der Waals surface area contributed by atoms with Gasteiger partial charge in [0, 0.05) is 19.1 Å². The zero-order chi connectivity index (χ0) is 15.8. The predicted octanol–water partition coefficient (Wildman–Crippen LogP) is 1.33. The van der Waals surface area contributed by atoms with Crippen molar-refractivity contribution in [3.05, 3.63) is 0 Å². The molecule has 0 spiro atoms. The summed E-state index contributed by atoms with van der Waals surface area (Å²) in [6.45, 7) is 8.47. The molecule has 1 aliphatic carbocycles. The Balaban J connectivity index is 1.97. The summed E-state index contributed by atoms with van der Waals surface area (Å²) in [6, 6.07) is -0.100. The van der Waals surface area contributed by atoms with E-state index in [0.717, 1.165) is 19.3 Å². The number of rotatable bonds is 3. The molecule has 1 aliphatic heterocycles. The van der Waals surface area contributed by atoms with Gasteiger partial charge in [-0.3, -0.25) is 4.79 Å². The minimum absolute atomic E-state index is 0.00598. The Morgan fingerprint density at radius 3 is 2.33 bits per heavy atom. The molecular formula is C15H27N3O3. The van der Waals surface area contributed by atoms with Gasteiger partial charge in [0.05, 0.1) is 12.1 Å². The second kappa shape index (κ2) is 5.83. The second-order valence-corrected chi connectivity index (χ2v) is 7.13. The van der Waals surface area contributed by atoms with Crippen LogP contribution in [0.25, 0.3) is 0 Å². The van der Waals surface area contributed by atoms with Gasteiger partial charge >= 0.3 is 6.09 Å². The normalized spacial score (nSPS) is 23.9. The summed E-state index contributed by atoms with van der Waals surface area (Å²) in [5.74, 6) is -0.00598. The second-order valence-electron chi connectivity index (χ2n) is 7.13. The molecule has 2 amide bonds. The van der Waals surface area contributed by atoms with Gasteiger partial charge in [-0.05, 0) is 47.0 Å². The van der Waals surface area contributed by atoms with Gasteiger partial charge in [0.25, 0.3) is 0 Å². The lowest BCUT2D eigenvalue weighted by molar-refractivity contribution is -0.135. The third-order valence-corrected chi connectivity index (χ3v) is 3.79. The summed E-state index contributed by atoms with van der Waals surface area (Å²) in [5.41, 5.74) is 5.26. The molecule has 2 N–H and O–H groups in total. The van der Waals surface area contributed by atoms with Gasteiger partial charge in [-0.1, -0.05) is 0 Å². The van der Waals surface area contributed by atoms with Crippen LogP contribution in [0.2, 0.25) is 0 Å². The molecule has 1 heterocycles. The van der Waals surface area contributed by atoms with Crippen molar-refractivity contribution in [3.63, 3.8) is 0 Å². The fourth-order valence-corrected chi connectivity index (χ4v) is 2.71. The van der Waals surface area contributed by atoms with Gasteiger partial charge in [-0.2, -0.15) is 0 Å².